The van der Waals surface area contributed by atoms with Crippen LogP contribution in [0, 0.1) is 3.57 Å². The minimum atomic E-state index is -1.12. The molecule has 0 unspecified atom stereocenters. The topological polar surface area (TPSA) is 66.4 Å². The Labute approximate surface area is 129 Å². The number of benzene rings is 1. The lowest BCUT2D eigenvalue weighted by atomic mass is 9.97. The third-order valence-corrected chi connectivity index (χ3v) is 4.97. The number of carbonyl (C=O) groups excluding carboxylic acids is 1. The second kappa shape index (κ2) is 5.66. The van der Waals surface area contributed by atoms with E-state index in [2.05, 4.69) is 27.9 Å². The molecule has 102 valence electrons. The molecule has 1 aliphatic carbocycles. The number of hydrogen-bond acceptors (Lipinski definition) is 2. The molecule has 0 saturated heterocycles. The van der Waals surface area contributed by atoms with Crippen molar-refractivity contribution in [2.45, 2.75) is 31.2 Å². The van der Waals surface area contributed by atoms with Gasteiger partial charge < -0.3 is 10.4 Å². The van der Waals surface area contributed by atoms with Gasteiger partial charge in [-0.25, -0.2) is 4.79 Å². The molecule has 4 nitrogen and oxygen atoms in total. The number of carbonyl (C=O) groups is 2. The van der Waals surface area contributed by atoms with Gasteiger partial charge in [0.15, 0.2) is 0 Å². The van der Waals surface area contributed by atoms with E-state index >= 15 is 0 Å². The van der Waals surface area contributed by atoms with Crippen LogP contribution in [0.2, 0.25) is 5.02 Å². The van der Waals surface area contributed by atoms with Crippen molar-refractivity contribution < 1.29 is 14.7 Å². The van der Waals surface area contributed by atoms with Crippen LogP contribution in [0.5, 0.6) is 0 Å². The molecule has 0 atom stereocenters. The standard InChI is InChI=1S/C13H13ClINO3/c14-9-7-8(3-4-10(9)15)11(17)16-13(12(18)19)5-1-2-6-13/h3-4,7H,1-2,5-6H2,(H,16,17)(H,18,19). The predicted octanol–water partition coefficient (Wildman–Crippen LogP) is 3.07. The smallest absolute Gasteiger partial charge is 0.329 e. The summed E-state index contributed by atoms with van der Waals surface area (Å²) >= 11 is 8.04. The van der Waals surface area contributed by atoms with Crippen LogP contribution in [0.4, 0.5) is 0 Å². The molecule has 0 heterocycles. The number of halogens is 2. The summed E-state index contributed by atoms with van der Waals surface area (Å²) < 4.78 is 0.852. The molecule has 0 spiro atoms. The maximum atomic E-state index is 12.1. The molecule has 1 aromatic rings. The molecule has 2 N–H and O–H groups in total. The summed E-state index contributed by atoms with van der Waals surface area (Å²) in [7, 11) is 0. The third kappa shape index (κ3) is 3.02. The average molecular weight is 394 g/mol. The van der Waals surface area contributed by atoms with E-state index in [1.807, 2.05) is 0 Å². The zero-order valence-electron chi connectivity index (χ0n) is 10.1. The maximum absolute atomic E-state index is 12.1. The van der Waals surface area contributed by atoms with Crippen molar-refractivity contribution in [1.82, 2.24) is 5.32 Å². The summed E-state index contributed by atoms with van der Waals surface area (Å²) in [6.07, 6.45) is 2.60. The van der Waals surface area contributed by atoms with E-state index in [4.69, 9.17) is 11.6 Å². The zero-order chi connectivity index (χ0) is 14.0. The van der Waals surface area contributed by atoms with Gasteiger partial charge in [0.2, 0.25) is 0 Å². The highest BCUT2D eigenvalue weighted by Crippen LogP contribution is 2.30. The molecular weight excluding hydrogens is 381 g/mol. The molecule has 2 rings (SSSR count). The number of aliphatic carboxylic acids is 1. The van der Waals surface area contributed by atoms with Crippen LogP contribution in [0.1, 0.15) is 36.0 Å². The average Bonchev–Trinajstić information content (AvgIpc) is 2.82. The molecule has 1 aromatic carbocycles. The van der Waals surface area contributed by atoms with Crippen LogP contribution >= 0.6 is 34.2 Å². The summed E-state index contributed by atoms with van der Waals surface area (Å²) in [6.45, 7) is 0. The Balaban J connectivity index is 2.20. The molecule has 0 bridgehead atoms. The van der Waals surface area contributed by atoms with E-state index < -0.39 is 11.5 Å². The summed E-state index contributed by atoms with van der Waals surface area (Å²) in [5, 5.41) is 12.5. The molecule has 1 saturated carbocycles. The second-order valence-electron chi connectivity index (χ2n) is 4.68. The molecular formula is C13H13ClINO3. The van der Waals surface area contributed by atoms with E-state index in [9.17, 15) is 14.7 Å². The van der Waals surface area contributed by atoms with Crippen LogP contribution in [0.25, 0.3) is 0 Å². The van der Waals surface area contributed by atoms with Gasteiger partial charge in [-0.15, -0.1) is 0 Å². The van der Waals surface area contributed by atoms with E-state index in [1.54, 1.807) is 18.2 Å². The van der Waals surface area contributed by atoms with Gasteiger partial charge in [-0.1, -0.05) is 24.4 Å². The van der Waals surface area contributed by atoms with Crippen molar-refractivity contribution in [3.8, 4) is 0 Å². The van der Waals surface area contributed by atoms with Crippen molar-refractivity contribution in [3.05, 3.63) is 32.4 Å². The number of rotatable bonds is 3. The fourth-order valence-electron chi connectivity index (χ4n) is 2.30. The van der Waals surface area contributed by atoms with Gasteiger partial charge in [0, 0.05) is 9.13 Å². The number of amides is 1. The van der Waals surface area contributed by atoms with Gasteiger partial charge in [-0.05, 0) is 53.6 Å². The highest BCUT2D eigenvalue weighted by atomic mass is 127. The van der Waals surface area contributed by atoms with Crippen LogP contribution in [-0.4, -0.2) is 22.5 Å². The van der Waals surface area contributed by atoms with Crippen LogP contribution in [0.15, 0.2) is 18.2 Å². The minimum Gasteiger partial charge on any atom is -0.480 e. The van der Waals surface area contributed by atoms with Crippen molar-refractivity contribution in [3.63, 3.8) is 0 Å². The molecule has 6 heteroatoms. The van der Waals surface area contributed by atoms with Gasteiger partial charge in [0.05, 0.1) is 5.02 Å². The first kappa shape index (κ1) is 14.6. The Morgan fingerprint density at radius 2 is 1.95 bits per heavy atom. The largest absolute Gasteiger partial charge is 0.480 e. The highest BCUT2D eigenvalue weighted by Gasteiger charge is 2.42. The monoisotopic (exact) mass is 393 g/mol. The van der Waals surface area contributed by atoms with Crippen molar-refractivity contribution >= 4 is 46.1 Å². The fraction of sp³-hybridized carbons (Fsp3) is 0.385. The number of nitrogens with one attached hydrogen (secondary N) is 1. The highest BCUT2D eigenvalue weighted by molar-refractivity contribution is 14.1. The Morgan fingerprint density at radius 1 is 1.32 bits per heavy atom. The Kier molecular flexibility index (Phi) is 4.35. The molecule has 0 aliphatic heterocycles. The normalized spacial score (nSPS) is 17.2. The molecule has 0 aromatic heterocycles. The summed E-state index contributed by atoms with van der Waals surface area (Å²) in [4.78, 5) is 23.5. The first-order valence-electron chi connectivity index (χ1n) is 5.95. The minimum absolute atomic E-state index is 0.386. The number of carboxylic acid groups (broad SMARTS) is 1. The van der Waals surface area contributed by atoms with Crippen LogP contribution in [0.3, 0.4) is 0 Å². The Morgan fingerprint density at radius 3 is 2.47 bits per heavy atom. The van der Waals surface area contributed by atoms with Gasteiger partial charge >= 0.3 is 5.97 Å². The molecule has 19 heavy (non-hydrogen) atoms. The van der Waals surface area contributed by atoms with Gasteiger partial charge in [0.1, 0.15) is 5.54 Å². The van der Waals surface area contributed by atoms with Crippen molar-refractivity contribution in [1.29, 1.82) is 0 Å². The molecule has 1 amide bonds. The first-order chi connectivity index (χ1) is 8.94. The lowest BCUT2D eigenvalue weighted by Gasteiger charge is -2.25. The zero-order valence-corrected chi connectivity index (χ0v) is 13.0. The SMILES string of the molecule is O=C(NC1(C(=O)O)CCCC1)c1ccc(I)c(Cl)c1. The van der Waals surface area contributed by atoms with Crippen LogP contribution < -0.4 is 5.32 Å². The summed E-state index contributed by atoms with van der Waals surface area (Å²) in [5.41, 5.74) is -0.732. The lowest BCUT2D eigenvalue weighted by Crippen LogP contribution is -2.52. The number of hydrogen-bond donors (Lipinski definition) is 2. The van der Waals surface area contributed by atoms with Crippen molar-refractivity contribution in [2.24, 2.45) is 0 Å². The quantitative estimate of drug-likeness (QED) is 0.776. The molecule has 0 radical (unpaired) electrons. The molecule has 1 aliphatic rings. The predicted molar refractivity (Wildman–Crippen MR) is 80.5 cm³/mol. The molecule has 1 fully saturated rings. The van der Waals surface area contributed by atoms with E-state index in [-0.39, 0.29) is 5.91 Å². The summed E-state index contributed by atoms with van der Waals surface area (Å²) in [5.74, 6) is -1.35. The van der Waals surface area contributed by atoms with Gasteiger partial charge in [-0.2, -0.15) is 0 Å². The van der Waals surface area contributed by atoms with Crippen LogP contribution in [-0.2, 0) is 4.79 Å². The van der Waals surface area contributed by atoms with Crippen molar-refractivity contribution in [2.75, 3.05) is 0 Å². The third-order valence-electron chi connectivity index (χ3n) is 3.40. The van der Waals surface area contributed by atoms with E-state index in [0.29, 0.717) is 23.4 Å². The Hall–Kier alpha value is -0.820. The first-order valence-corrected chi connectivity index (χ1v) is 7.41. The van der Waals surface area contributed by atoms with Gasteiger partial charge in [0.25, 0.3) is 5.91 Å². The second-order valence-corrected chi connectivity index (χ2v) is 6.25. The van der Waals surface area contributed by atoms with E-state index in [1.165, 1.54) is 0 Å². The summed E-state index contributed by atoms with van der Waals surface area (Å²) in [6, 6.07) is 4.94. The van der Waals surface area contributed by atoms with E-state index in [0.717, 1.165) is 16.4 Å². The fourth-order valence-corrected chi connectivity index (χ4v) is 2.81. The Bertz CT molecular complexity index is 527. The maximum Gasteiger partial charge on any atom is 0.329 e. The lowest BCUT2D eigenvalue weighted by molar-refractivity contribution is -0.144. The van der Waals surface area contributed by atoms with Gasteiger partial charge in [-0.3, -0.25) is 4.79 Å². The number of carboxylic acids is 1.